The molecule has 0 saturated carbocycles. The second-order valence-electron chi connectivity index (χ2n) is 4.41. The highest BCUT2D eigenvalue weighted by Gasteiger charge is 2.29. The summed E-state index contributed by atoms with van der Waals surface area (Å²) in [6.07, 6.45) is 0.963. The van der Waals surface area contributed by atoms with Gasteiger partial charge in [-0.25, -0.2) is 0 Å². The zero-order valence-electron chi connectivity index (χ0n) is 10.4. The van der Waals surface area contributed by atoms with Gasteiger partial charge in [-0.15, -0.1) is 0 Å². The van der Waals surface area contributed by atoms with Gasteiger partial charge in [0.25, 0.3) is 0 Å². The van der Waals surface area contributed by atoms with Gasteiger partial charge < -0.3 is 15.4 Å². The molecule has 0 saturated heterocycles. The third-order valence-electron chi connectivity index (χ3n) is 3.29. The highest BCUT2D eigenvalue weighted by molar-refractivity contribution is 6.03. The minimum atomic E-state index is -0.167. The molecule has 17 heavy (non-hydrogen) atoms. The van der Waals surface area contributed by atoms with Gasteiger partial charge in [0.2, 0.25) is 5.91 Å². The lowest BCUT2D eigenvalue weighted by molar-refractivity contribution is -0.118. The van der Waals surface area contributed by atoms with Crippen LogP contribution in [0.3, 0.4) is 0 Å². The van der Waals surface area contributed by atoms with Crippen molar-refractivity contribution in [3.05, 3.63) is 18.2 Å². The number of ether oxygens (including phenoxy) is 1. The average molecular weight is 234 g/mol. The minimum Gasteiger partial charge on any atom is -0.497 e. The van der Waals surface area contributed by atoms with Crippen LogP contribution in [0.25, 0.3) is 0 Å². The Kier molecular flexibility index (Phi) is 3.22. The Balaban J connectivity index is 2.28. The van der Waals surface area contributed by atoms with Gasteiger partial charge in [-0.05, 0) is 18.1 Å². The Labute approximate surface area is 101 Å². The number of carbonyl (C=O) groups excluding carboxylic acids is 1. The summed E-state index contributed by atoms with van der Waals surface area (Å²) < 4.78 is 5.18. The van der Waals surface area contributed by atoms with E-state index in [-0.39, 0.29) is 11.9 Å². The van der Waals surface area contributed by atoms with Gasteiger partial charge in [-0.3, -0.25) is 4.79 Å². The molecule has 0 aromatic heterocycles. The third-order valence-corrected chi connectivity index (χ3v) is 3.29. The minimum absolute atomic E-state index is 0.0389. The quantitative estimate of drug-likeness (QED) is 0.844. The molecule has 0 radical (unpaired) electrons. The van der Waals surface area contributed by atoms with Crippen molar-refractivity contribution in [3.8, 4) is 5.75 Å². The van der Waals surface area contributed by atoms with Gasteiger partial charge in [-0.1, -0.05) is 20.3 Å². The number of methoxy groups -OCH3 is 1. The predicted molar refractivity (Wildman–Crippen MR) is 68.5 cm³/mol. The highest BCUT2D eigenvalue weighted by Crippen LogP contribution is 2.32. The lowest BCUT2D eigenvalue weighted by Gasteiger charge is -2.30. The van der Waals surface area contributed by atoms with E-state index in [0.717, 1.165) is 23.5 Å². The molecular weight excluding hydrogens is 216 g/mol. The molecular formula is C13H18N2O2. The van der Waals surface area contributed by atoms with Crippen molar-refractivity contribution in [2.24, 2.45) is 5.92 Å². The number of hydrogen-bond donors (Lipinski definition) is 2. The van der Waals surface area contributed by atoms with Gasteiger partial charge in [0, 0.05) is 6.07 Å². The van der Waals surface area contributed by atoms with Crippen molar-refractivity contribution in [2.75, 3.05) is 17.7 Å². The first-order chi connectivity index (χ1) is 8.15. The number of fused-ring (bicyclic) bond motifs is 1. The van der Waals surface area contributed by atoms with Gasteiger partial charge in [0.05, 0.1) is 18.5 Å². The summed E-state index contributed by atoms with van der Waals surface area (Å²) in [5.74, 6) is 1.13. The van der Waals surface area contributed by atoms with Crippen LogP contribution >= 0.6 is 0 Å². The lowest BCUT2D eigenvalue weighted by Crippen LogP contribution is -2.43. The summed E-state index contributed by atoms with van der Waals surface area (Å²) in [6.45, 7) is 4.16. The molecule has 1 aromatic carbocycles. The third kappa shape index (κ3) is 2.20. The second-order valence-corrected chi connectivity index (χ2v) is 4.41. The maximum absolute atomic E-state index is 11.9. The van der Waals surface area contributed by atoms with Crippen molar-refractivity contribution in [2.45, 2.75) is 26.3 Å². The molecule has 92 valence electrons. The predicted octanol–water partition coefficient (Wildman–Crippen LogP) is 2.47. The van der Waals surface area contributed by atoms with Crippen LogP contribution < -0.4 is 15.4 Å². The van der Waals surface area contributed by atoms with Crippen LogP contribution in [-0.2, 0) is 4.79 Å². The summed E-state index contributed by atoms with van der Waals surface area (Å²) in [4.78, 5) is 11.9. The van der Waals surface area contributed by atoms with E-state index in [0.29, 0.717) is 5.92 Å². The molecule has 4 heteroatoms. The monoisotopic (exact) mass is 234 g/mol. The van der Waals surface area contributed by atoms with Gasteiger partial charge in [-0.2, -0.15) is 0 Å². The Morgan fingerprint density at radius 3 is 2.82 bits per heavy atom. The number of hydrogen-bond acceptors (Lipinski definition) is 3. The summed E-state index contributed by atoms with van der Waals surface area (Å²) in [6, 6.07) is 5.43. The van der Waals surface area contributed by atoms with Crippen molar-refractivity contribution >= 4 is 17.3 Å². The summed E-state index contributed by atoms with van der Waals surface area (Å²) >= 11 is 0. The second kappa shape index (κ2) is 4.65. The van der Waals surface area contributed by atoms with E-state index < -0.39 is 0 Å². The highest BCUT2D eigenvalue weighted by atomic mass is 16.5. The van der Waals surface area contributed by atoms with E-state index in [1.807, 2.05) is 18.2 Å². The molecule has 0 aliphatic carbocycles. The maximum atomic E-state index is 11.9. The van der Waals surface area contributed by atoms with E-state index in [9.17, 15) is 4.79 Å². The normalized spacial score (nSPS) is 19.9. The van der Waals surface area contributed by atoms with E-state index >= 15 is 0 Å². The van der Waals surface area contributed by atoms with Crippen LogP contribution in [0.15, 0.2) is 18.2 Å². The fourth-order valence-corrected chi connectivity index (χ4v) is 1.96. The summed E-state index contributed by atoms with van der Waals surface area (Å²) in [5.41, 5.74) is 1.74. The van der Waals surface area contributed by atoms with Crippen LogP contribution in [0.5, 0.6) is 5.75 Å². The van der Waals surface area contributed by atoms with Crippen molar-refractivity contribution in [3.63, 3.8) is 0 Å². The molecule has 0 unspecified atom stereocenters. The molecule has 0 bridgehead atoms. The summed E-state index contributed by atoms with van der Waals surface area (Å²) in [7, 11) is 1.63. The standard InChI is InChI=1S/C13H18N2O2/c1-4-8(2)12-13(16)15-10-6-5-9(17-3)7-11(10)14-12/h5-8,12,14H,4H2,1-3H3,(H,15,16)/t8-,12-/m0/s1. The van der Waals surface area contributed by atoms with Crippen LogP contribution in [-0.4, -0.2) is 19.1 Å². The van der Waals surface area contributed by atoms with Crippen LogP contribution in [0.4, 0.5) is 11.4 Å². The number of rotatable bonds is 3. The van der Waals surface area contributed by atoms with Gasteiger partial charge >= 0.3 is 0 Å². The lowest BCUT2D eigenvalue weighted by atomic mass is 9.96. The average Bonchev–Trinajstić information content (AvgIpc) is 2.36. The molecule has 4 nitrogen and oxygen atoms in total. The first-order valence-corrected chi connectivity index (χ1v) is 5.91. The fourth-order valence-electron chi connectivity index (χ4n) is 1.96. The van der Waals surface area contributed by atoms with Crippen LogP contribution in [0.1, 0.15) is 20.3 Å². The number of carbonyl (C=O) groups is 1. The summed E-state index contributed by atoms with van der Waals surface area (Å²) in [5, 5.41) is 6.20. The Morgan fingerprint density at radius 2 is 2.18 bits per heavy atom. The van der Waals surface area contributed by atoms with Crippen molar-refractivity contribution in [1.29, 1.82) is 0 Å². The molecule has 2 atom stereocenters. The maximum Gasteiger partial charge on any atom is 0.247 e. The van der Waals surface area contributed by atoms with E-state index in [2.05, 4.69) is 24.5 Å². The van der Waals surface area contributed by atoms with Crippen LogP contribution in [0.2, 0.25) is 0 Å². The molecule has 0 fully saturated rings. The van der Waals surface area contributed by atoms with Crippen molar-refractivity contribution in [1.82, 2.24) is 0 Å². The zero-order chi connectivity index (χ0) is 12.4. The smallest absolute Gasteiger partial charge is 0.247 e. The first kappa shape index (κ1) is 11.8. The fraction of sp³-hybridized carbons (Fsp3) is 0.462. The molecule has 1 aromatic rings. The van der Waals surface area contributed by atoms with Gasteiger partial charge in [0.15, 0.2) is 0 Å². The molecule has 1 aliphatic heterocycles. The topological polar surface area (TPSA) is 50.4 Å². The Hall–Kier alpha value is -1.71. The Bertz CT molecular complexity index is 431. The zero-order valence-corrected chi connectivity index (χ0v) is 10.4. The van der Waals surface area contributed by atoms with E-state index in [1.165, 1.54) is 0 Å². The van der Waals surface area contributed by atoms with Crippen molar-refractivity contribution < 1.29 is 9.53 Å². The number of nitrogens with one attached hydrogen (secondary N) is 2. The number of amides is 1. The molecule has 1 heterocycles. The van der Waals surface area contributed by atoms with Crippen LogP contribution in [0, 0.1) is 5.92 Å². The number of benzene rings is 1. The van der Waals surface area contributed by atoms with E-state index in [1.54, 1.807) is 7.11 Å². The number of anilines is 2. The molecule has 1 amide bonds. The molecule has 1 aliphatic rings. The molecule has 2 N–H and O–H groups in total. The van der Waals surface area contributed by atoms with Gasteiger partial charge in [0.1, 0.15) is 11.8 Å². The molecule has 0 spiro atoms. The first-order valence-electron chi connectivity index (χ1n) is 5.91. The largest absolute Gasteiger partial charge is 0.497 e. The molecule has 2 rings (SSSR count). The SMILES string of the molecule is CC[C@H](C)[C@@H]1Nc2cc(OC)ccc2NC1=O. The van der Waals surface area contributed by atoms with E-state index in [4.69, 9.17) is 4.74 Å². The Morgan fingerprint density at radius 1 is 1.41 bits per heavy atom.